The maximum absolute atomic E-state index is 12.4. The summed E-state index contributed by atoms with van der Waals surface area (Å²) in [4.78, 5) is 27.4. The Morgan fingerprint density at radius 1 is 1.33 bits per heavy atom. The summed E-state index contributed by atoms with van der Waals surface area (Å²) in [7, 11) is 0. The fraction of sp³-hybridized carbons (Fsp3) is 0.867. The number of nitrogens with one attached hydrogen (secondary N) is 1. The molecule has 0 saturated carbocycles. The molecular weight excluding hydrogens is 270 g/mol. The van der Waals surface area contributed by atoms with Crippen LogP contribution in [0.5, 0.6) is 0 Å². The second kappa shape index (κ2) is 7.11. The number of piperidine rings is 1. The highest BCUT2D eigenvalue weighted by atomic mass is 16.4. The predicted molar refractivity (Wildman–Crippen MR) is 80.2 cm³/mol. The molecule has 0 aromatic rings. The summed E-state index contributed by atoms with van der Waals surface area (Å²) in [5, 5.41) is 11.6. The Bertz CT molecular complexity index is 388. The van der Waals surface area contributed by atoms with E-state index in [9.17, 15) is 9.59 Å². The highest BCUT2D eigenvalue weighted by Crippen LogP contribution is 2.24. The lowest BCUT2D eigenvalue weighted by Gasteiger charge is -2.47. The van der Waals surface area contributed by atoms with E-state index in [-0.39, 0.29) is 24.5 Å². The van der Waals surface area contributed by atoms with E-state index in [0.29, 0.717) is 12.5 Å². The number of hydrogen-bond donors (Lipinski definition) is 2. The standard InChI is InChI=1S/C15H27N3O3/c1-11(6-7-14(19)20)16-15(21)18-10-13-5-3-4-8-17(13)9-12(18)2/h11-13H,3-10H2,1-2H3,(H,16,21)(H,19,20). The third kappa shape index (κ3) is 4.33. The van der Waals surface area contributed by atoms with Crippen LogP contribution in [-0.2, 0) is 4.79 Å². The Labute approximate surface area is 126 Å². The van der Waals surface area contributed by atoms with Crippen molar-refractivity contribution in [2.45, 2.75) is 64.1 Å². The molecule has 120 valence electrons. The summed E-state index contributed by atoms with van der Waals surface area (Å²) in [6.45, 7) is 6.84. The number of fused-ring (bicyclic) bond motifs is 1. The van der Waals surface area contributed by atoms with E-state index in [1.54, 1.807) is 0 Å². The van der Waals surface area contributed by atoms with Crippen molar-refractivity contribution in [2.24, 2.45) is 0 Å². The highest BCUT2D eigenvalue weighted by Gasteiger charge is 2.35. The number of rotatable bonds is 4. The van der Waals surface area contributed by atoms with Gasteiger partial charge in [0.25, 0.3) is 0 Å². The van der Waals surface area contributed by atoms with Crippen molar-refractivity contribution in [3.63, 3.8) is 0 Å². The van der Waals surface area contributed by atoms with Crippen LogP contribution in [0, 0.1) is 0 Å². The van der Waals surface area contributed by atoms with Crippen molar-refractivity contribution in [1.82, 2.24) is 15.1 Å². The molecule has 2 saturated heterocycles. The highest BCUT2D eigenvalue weighted by molar-refractivity contribution is 5.75. The van der Waals surface area contributed by atoms with Gasteiger partial charge in [0.1, 0.15) is 0 Å². The summed E-state index contributed by atoms with van der Waals surface area (Å²) < 4.78 is 0. The van der Waals surface area contributed by atoms with Crippen LogP contribution in [0.2, 0.25) is 0 Å². The van der Waals surface area contributed by atoms with Crippen molar-refractivity contribution in [2.75, 3.05) is 19.6 Å². The van der Waals surface area contributed by atoms with Crippen molar-refractivity contribution < 1.29 is 14.7 Å². The van der Waals surface area contributed by atoms with E-state index in [4.69, 9.17) is 5.11 Å². The van der Waals surface area contributed by atoms with Gasteiger partial charge >= 0.3 is 12.0 Å². The number of hydrogen-bond acceptors (Lipinski definition) is 3. The smallest absolute Gasteiger partial charge is 0.317 e. The van der Waals surface area contributed by atoms with Gasteiger partial charge in [0.15, 0.2) is 0 Å². The van der Waals surface area contributed by atoms with Gasteiger partial charge < -0.3 is 15.3 Å². The predicted octanol–water partition coefficient (Wildman–Crippen LogP) is 1.51. The topological polar surface area (TPSA) is 72.9 Å². The number of carboxylic acids is 1. The largest absolute Gasteiger partial charge is 0.481 e. The number of amides is 2. The molecule has 2 N–H and O–H groups in total. The second-order valence-electron chi connectivity index (χ2n) is 6.43. The molecule has 2 rings (SSSR count). The van der Waals surface area contributed by atoms with Gasteiger partial charge in [-0.05, 0) is 39.7 Å². The van der Waals surface area contributed by atoms with E-state index < -0.39 is 5.97 Å². The maximum atomic E-state index is 12.4. The molecule has 0 aromatic carbocycles. The van der Waals surface area contributed by atoms with Crippen LogP contribution in [0.4, 0.5) is 4.79 Å². The molecule has 2 fully saturated rings. The second-order valence-corrected chi connectivity index (χ2v) is 6.43. The van der Waals surface area contributed by atoms with Crippen LogP contribution < -0.4 is 5.32 Å². The summed E-state index contributed by atoms with van der Waals surface area (Å²) in [5.41, 5.74) is 0. The SMILES string of the molecule is CC(CCC(=O)O)NC(=O)N1CC2CCCCN2CC1C. The first-order valence-electron chi connectivity index (χ1n) is 8.00. The summed E-state index contributed by atoms with van der Waals surface area (Å²) in [5.74, 6) is -0.819. The monoisotopic (exact) mass is 297 g/mol. The van der Waals surface area contributed by atoms with E-state index in [1.165, 1.54) is 19.3 Å². The van der Waals surface area contributed by atoms with Crippen LogP contribution in [0.3, 0.4) is 0 Å². The molecule has 0 aromatic heterocycles. The zero-order chi connectivity index (χ0) is 15.4. The first-order valence-corrected chi connectivity index (χ1v) is 8.00. The van der Waals surface area contributed by atoms with Gasteiger partial charge in [-0.2, -0.15) is 0 Å². The zero-order valence-corrected chi connectivity index (χ0v) is 13.0. The molecule has 0 spiro atoms. The molecule has 3 unspecified atom stereocenters. The summed E-state index contributed by atoms with van der Waals surface area (Å²) >= 11 is 0. The normalized spacial score (nSPS) is 27.8. The maximum Gasteiger partial charge on any atom is 0.317 e. The number of carboxylic acid groups (broad SMARTS) is 1. The number of piperazine rings is 1. The lowest BCUT2D eigenvalue weighted by Crippen LogP contribution is -2.62. The molecule has 6 nitrogen and oxygen atoms in total. The lowest BCUT2D eigenvalue weighted by molar-refractivity contribution is -0.137. The minimum absolute atomic E-state index is 0.0504. The van der Waals surface area contributed by atoms with E-state index in [2.05, 4.69) is 17.1 Å². The fourth-order valence-corrected chi connectivity index (χ4v) is 3.34. The van der Waals surface area contributed by atoms with Crippen LogP contribution >= 0.6 is 0 Å². The molecular formula is C15H27N3O3. The average molecular weight is 297 g/mol. The zero-order valence-electron chi connectivity index (χ0n) is 13.0. The van der Waals surface area contributed by atoms with Gasteiger partial charge in [0.05, 0.1) is 0 Å². The molecule has 3 atom stereocenters. The Hall–Kier alpha value is -1.30. The van der Waals surface area contributed by atoms with Crippen LogP contribution in [0.15, 0.2) is 0 Å². The van der Waals surface area contributed by atoms with Crippen molar-refractivity contribution in [3.8, 4) is 0 Å². The molecule has 0 aliphatic carbocycles. The first-order chi connectivity index (χ1) is 9.97. The van der Waals surface area contributed by atoms with E-state index >= 15 is 0 Å². The van der Waals surface area contributed by atoms with E-state index in [1.807, 2.05) is 11.8 Å². The van der Waals surface area contributed by atoms with Crippen molar-refractivity contribution in [3.05, 3.63) is 0 Å². The molecule has 2 aliphatic rings. The minimum Gasteiger partial charge on any atom is -0.481 e. The quantitative estimate of drug-likeness (QED) is 0.825. The van der Waals surface area contributed by atoms with Crippen LogP contribution in [0.25, 0.3) is 0 Å². The lowest BCUT2D eigenvalue weighted by atomic mass is 9.97. The van der Waals surface area contributed by atoms with Gasteiger partial charge in [0, 0.05) is 37.6 Å². The van der Waals surface area contributed by atoms with Crippen LogP contribution in [-0.4, -0.2) is 64.7 Å². The third-order valence-corrected chi connectivity index (χ3v) is 4.61. The van der Waals surface area contributed by atoms with Gasteiger partial charge in [-0.3, -0.25) is 9.69 Å². The minimum atomic E-state index is -0.819. The molecule has 2 amide bonds. The van der Waals surface area contributed by atoms with Crippen LogP contribution in [0.1, 0.15) is 46.0 Å². The van der Waals surface area contributed by atoms with Gasteiger partial charge in [0.2, 0.25) is 0 Å². The Balaban J connectivity index is 1.85. The third-order valence-electron chi connectivity index (χ3n) is 4.61. The fourth-order valence-electron chi connectivity index (χ4n) is 3.34. The van der Waals surface area contributed by atoms with Gasteiger partial charge in [-0.1, -0.05) is 6.42 Å². The molecule has 6 heteroatoms. The molecule has 2 heterocycles. The number of aliphatic carboxylic acids is 1. The van der Waals surface area contributed by atoms with Crippen molar-refractivity contribution >= 4 is 12.0 Å². The van der Waals surface area contributed by atoms with Gasteiger partial charge in [-0.25, -0.2) is 4.79 Å². The summed E-state index contributed by atoms with van der Waals surface area (Å²) in [6.07, 6.45) is 4.25. The Kier molecular flexibility index (Phi) is 5.45. The number of carbonyl (C=O) groups excluding carboxylic acids is 1. The van der Waals surface area contributed by atoms with Crippen molar-refractivity contribution in [1.29, 1.82) is 0 Å². The van der Waals surface area contributed by atoms with E-state index in [0.717, 1.165) is 19.6 Å². The molecule has 0 radical (unpaired) electrons. The molecule has 0 bridgehead atoms. The Morgan fingerprint density at radius 3 is 2.81 bits per heavy atom. The first kappa shape index (κ1) is 16.1. The Morgan fingerprint density at radius 2 is 2.10 bits per heavy atom. The van der Waals surface area contributed by atoms with Gasteiger partial charge in [-0.15, -0.1) is 0 Å². The molecule has 2 aliphatic heterocycles. The molecule has 21 heavy (non-hydrogen) atoms. The number of nitrogens with zero attached hydrogens (tertiary/aromatic N) is 2. The average Bonchev–Trinajstić information content (AvgIpc) is 2.44. The number of carbonyl (C=O) groups is 2. The summed E-state index contributed by atoms with van der Waals surface area (Å²) in [6, 6.07) is 0.553. The number of urea groups is 1.